The molecule has 0 radical (unpaired) electrons. The minimum atomic E-state index is -4.10. The summed E-state index contributed by atoms with van der Waals surface area (Å²) in [5.74, 6) is -1.28. The third-order valence-corrected chi connectivity index (χ3v) is 9.19. The van der Waals surface area contributed by atoms with Gasteiger partial charge < -0.3 is 5.32 Å². The minimum Gasteiger partial charge on any atom is -0.326 e. The summed E-state index contributed by atoms with van der Waals surface area (Å²) in [7, 11) is -4.10. The first-order chi connectivity index (χ1) is 18.7. The molecule has 1 aliphatic heterocycles. The normalized spacial score (nSPS) is 18.1. The number of benzene rings is 3. The summed E-state index contributed by atoms with van der Waals surface area (Å²) in [6.45, 7) is 1.50. The van der Waals surface area contributed by atoms with Gasteiger partial charge in [0.2, 0.25) is 21.8 Å². The topological polar surface area (TPSA) is 104 Å². The average molecular weight is 546 g/mol. The van der Waals surface area contributed by atoms with E-state index in [-0.39, 0.29) is 23.8 Å². The van der Waals surface area contributed by atoms with Crippen LogP contribution in [0.5, 0.6) is 0 Å². The summed E-state index contributed by atoms with van der Waals surface area (Å²) in [5.41, 5.74) is 2.05. The zero-order valence-corrected chi connectivity index (χ0v) is 22.6. The van der Waals surface area contributed by atoms with E-state index in [1.807, 2.05) is 24.3 Å². The van der Waals surface area contributed by atoms with Crippen molar-refractivity contribution in [2.45, 2.75) is 56.4 Å². The van der Waals surface area contributed by atoms with Crippen molar-refractivity contribution in [1.29, 1.82) is 0 Å². The van der Waals surface area contributed by atoms with Gasteiger partial charge in [-0.05, 0) is 79.3 Å². The Balaban J connectivity index is 1.47. The van der Waals surface area contributed by atoms with Crippen LogP contribution in [0, 0.1) is 0 Å². The van der Waals surface area contributed by atoms with Gasteiger partial charge in [0.25, 0.3) is 5.91 Å². The summed E-state index contributed by atoms with van der Waals surface area (Å²) in [6.07, 6.45) is 6.49. The Morgan fingerprint density at radius 1 is 1.00 bits per heavy atom. The Hall–Kier alpha value is -3.82. The number of fused-ring (bicyclic) bond motifs is 1. The lowest BCUT2D eigenvalue weighted by Gasteiger charge is -2.28. The van der Waals surface area contributed by atoms with E-state index in [1.54, 1.807) is 42.5 Å². The molecule has 1 N–H and O–H groups in total. The average Bonchev–Trinajstić information content (AvgIpc) is 3.22. The van der Waals surface area contributed by atoms with Gasteiger partial charge in [-0.3, -0.25) is 14.4 Å². The molecule has 0 spiro atoms. The van der Waals surface area contributed by atoms with Crippen LogP contribution < -0.4 is 10.2 Å². The van der Waals surface area contributed by atoms with Crippen molar-refractivity contribution >= 4 is 49.9 Å². The zero-order chi connectivity index (χ0) is 27.6. The second kappa shape index (κ2) is 11.1. The lowest BCUT2D eigenvalue weighted by atomic mass is 9.97. The molecule has 3 amide bonds. The van der Waals surface area contributed by atoms with Crippen LogP contribution in [0.15, 0.2) is 83.3 Å². The van der Waals surface area contributed by atoms with Crippen LogP contribution >= 0.6 is 0 Å². The van der Waals surface area contributed by atoms with Crippen molar-refractivity contribution in [3.05, 3.63) is 78.4 Å². The van der Waals surface area contributed by atoms with Gasteiger partial charge in [-0.15, -0.1) is 0 Å². The van der Waals surface area contributed by atoms with E-state index < -0.39 is 27.9 Å². The standard InChI is InChI=1S/C30H31N3O5S/c1-21(34)31-25-12-14-26(15-13-25)33-29(35)20-28(30(33)36)32(18-17-22-7-3-2-4-8-22)39(37,38)27-16-11-23-9-5-6-10-24(23)19-27/h5-7,9-16,19,28H,2-4,8,17-18,20H2,1H3,(H,31,34). The van der Waals surface area contributed by atoms with E-state index in [4.69, 9.17) is 0 Å². The maximum absolute atomic E-state index is 14.1. The molecule has 1 heterocycles. The van der Waals surface area contributed by atoms with Crippen LogP contribution in [0.25, 0.3) is 10.8 Å². The van der Waals surface area contributed by atoms with Crippen molar-refractivity contribution < 1.29 is 22.8 Å². The smallest absolute Gasteiger partial charge is 0.252 e. The number of allylic oxidation sites excluding steroid dienone is 1. The summed E-state index contributed by atoms with van der Waals surface area (Å²) in [4.78, 5) is 39.3. The van der Waals surface area contributed by atoms with Gasteiger partial charge in [0.1, 0.15) is 6.04 Å². The molecule has 1 saturated heterocycles. The molecule has 2 aliphatic rings. The number of imide groups is 1. The molecule has 5 rings (SSSR count). The van der Waals surface area contributed by atoms with Crippen molar-refractivity contribution in [3.8, 4) is 0 Å². The van der Waals surface area contributed by atoms with Crippen LogP contribution in [0.1, 0.15) is 45.4 Å². The minimum absolute atomic E-state index is 0.0946. The first-order valence-electron chi connectivity index (χ1n) is 13.2. The molecule has 0 aromatic heterocycles. The lowest BCUT2D eigenvalue weighted by molar-refractivity contribution is -0.122. The molecule has 8 nitrogen and oxygen atoms in total. The number of hydrogen-bond acceptors (Lipinski definition) is 5. The van der Waals surface area contributed by atoms with Crippen molar-refractivity contribution in [2.75, 3.05) is 16.8 Å². The van der Waals surface area contributed by atoms with Gasteiger partial charge >= 0.3 is 0 Å². The number of carbonyl (C=O) groups is 3. The second-order valence-electron chi connectivity index (χ2n) is 10.00. The van der Waals surface area contributed by atoms with Crippen LogP contribution in [0.4, 0.5) is 11.4 Å². The highest BCUT2D eigenvalue weighted by Crippen LogP contribution is 2.32. The second-order valence-corrected chi connectivity index (χ2v) is 11.9. The third-order valence-electron chi connectivity index (χ3n) is 7.28. The molecule has 1 unspecified atom stereocenters. The maximum Gasteiger partial charge on any atom is 0.252 e. The fourth-order valence-corrected chi connectivity index (χ4v) is 6.92. The van der Waals surface area contributed by atoms with E-state index in [1.165, 1.54) is 16.8 Å². The highest BCUT2D eigenvalue weighted by atomic mass is 32.2. The molecule has 1 fully saturated rings. The number of amides is 3. The lowest BCUT2D eigenvalue weighted by Crippen LogP contribution is -2.46. The van der Waals surface area contributed by atoms with Crippen LogP contribution in [0.2, 0.25) is 0 Å². The molecule has 0 saturated carbocycles. The van der Waals surface area contributed by atoms with E-state index in [2.05, 4.69) is 11.4 Å². The van der Waals surface area contributed by atoms with Crippen molar-refractivity contribution in [2.24, 2.45) is 0 Å². The summed E-state index contributed by atoms with van der Waals surface area (Å²) >= 11 is 0. The Bertz CT molecular complexity index is 1560. The van der Waals surface area contributed by atoms with Gasteiger partial charge in [0, 0.05) is 19.2 Å². The molecule has 3 aromatic rings. The van der Waals surface area contributed by atoms with Crippen LogP contribution in [0.3, 0.4) is 0 Å². The molecule has 39 heavy (non-hydrogen) atoms. The number of anilines is 2. The zero-order valence-electron chi connectivity index (χ0n) is 21.8. The molecule has 3 aromatic carbocycles. The molecule has 202 valence electrons. The Labute approximate surface area is 228 Å². The van der Waals surface area contributed by atoms with Gasteiger partial charge in [-0.25, -0.2) is 13.3 Å². The first-order valence-corrected chi connectivity index (χ1v) is 14.6. The third kappa shape index (κ3) is 5.65. The first kappa shape index (κ1) is 26.8. The van der Waals surface area contributed by atoms with Crippen LogP contribution in [-0.4, -0.2) is 43.0 Å². The summed E-state index contributed by atoms with van der Waals surface area (Å²) < 4.78 is 29.3. The molecular weight excluding hydrogens is 514 g/mol. The predicted octanol–water partition coefficient (Wildman–Crippen LogP) is 5.01. The van der Waals surface area contributed by atoms with E-state index in [9.17, 15) is 22.8 Å². The van der Waals surface area contributed by atoms with E-state index in [0.717, 1.165) is 41.4 Å². The van der Waals surface area contributed by atoms with E-state index >= 15 is 0 Å². The molecule has 1 atom stereocenters. The SMILES string of the molecule is CC(=O)Nc1ccc(N2C(=O)CC(N(CCC3=CCCCC3)S(=O)(=O)c3ccc4ccccc4c3)C2=O)cc1. The molecule has 9 heteroatoms. The van der Waals surface area contributed by atoms with Gasteiger partial charge in [0.05, 0.1) is 17.0 Å². The Kier molecular flexibility index (Phi) is 7.63. The number of sulfonamides is 1. The van der Waals surface area contributed by atoms with Crippen molar-refractivity contribution in [3.63, 3.8) is 0 Å². The van der Waals surface area contributed by atoms with Gasteiger partial charge in [-0.2, -0.15) is 4.31 Å². The number of carbonyl (C=O) groups excluding carboxylic acids is 3. The summed E-state index contributed by atoms with van der Waals surface area (Å²) in [6, 6.07) is 17.6. The highest BCUT2D eigenvalue weighted by Gasteiger charge is 2.46. The fourth-order valence-electron chi connectivity index (χ4n) is 5.30. The highest BCUT2D eigenvalue weighted by molar-refractivity contribution is 7.89. The fraction of sp³-hybridized carbons (Fsp3) is 0.300. The largest absolute Gasteiger partial charge is 0.326 e. The molecule has 0 bridgehead atoms. The van der Waals surface area contributed by atoms with Crippen molar-refractivity contribution in [1.82, 2.24) is 4.31 Å². The van der Waals surface area contributed by atoms with Gasteiger partial charge in [0.15, 0.2) is 0 Å². The predicted molar refractivity (Wildman–Crippen MR) is 151 cm³/mol. The summed E-state index contributed by atoms with van der Waals surface area (Å²) in [5, 5.41) is 4.34. The van der Waals surface area contributed by atoms with Crippen LogP contribution in [-0.2, 0) is 24.4 Å². The van der Waals surface area contributed by atoms with E-state index in [0.29, 0.717) is 17.8 Å². The number of rotatable bonds is 8. The molecule has 1 aliphatic carbocycles. The number of hydrogen-bond donors (Lipinski definition) is 1. The number of nitrogens with zero attached hydrogens (tertiary/aromatic N) is 2. The Morgan fingerprint density at radius 3 is 2.44 bits per heavy atom. The maximum atomic E-state index is 14.1. The quantitative estimate of drug-likeness (QED) is 0.317. The van der Waals surface area contributed by atoms with Gasteiger partial charge in [-0.1, -0.05) is 42.0 Å². The molecular formula is C30H31N3O5S. The number of nitrogens with one attached hydrogen (secondary N) is 1. The Morgan fingerprint density at radius 2 is 1.74 bits per heavy atom. The monoisotopic (exact) mass is 545 g/mol.